The number of aromatic nitrogens is 1. The van der Waals surface area contributed by atoms with E-state index in [0.717, 1.165) is 37.8 Å². The Morgan fingerprint density at radius 3 is 2.48 bits per heavy atom. The van der Waals surface area contributed by atoms with Gasteiger partial charge in [-0.1, -0.05) is 59.3 Å². The van der Waals surface area contributed by atoms with Crippen molar-refractivity contribution in [2.75, 3.05) is 0 Å². The highest BCUT2D eigenvalue weighted by Gasteiger charge is 2.39. The standard InChI is InChI=1S/C21H36O3.C7H9NO/c1-15-9-7-6-8-10-16(2)13-17(3)20(24)21(4,5)19(23)14-18(22)12-11-15;1-3-4-7-5-9-6(2)8-7/h7,9,15-17,19,23H,6,8,10-14H2,1-5H3;3-5H,1-2H3/b9-7-;4-3-/t15-,16?,17?,19?;/m0./s1. The Balaban J connectivity index is 0.000000502. The first-order chi connectivity index (χ1) is 15.5. The minimum Gasteiger partial charge on any atom is -0.449 e. The Labute approximate surface area is 200 Å². The van der Waals surface area contributed by atoms with Gasteiger partial charge in [0.15, 0.2) is 5.89 Å². The second kappa shape index (κ2) is 14.3. The summed E-state index contributed by atoms with van der Waals surface area (Å²) in [4.78, 5) is 29.0. The predicted molar refractivity (Wildman–Crippen MR) is 135 cm³/mol. The summed E-state index contributed by atoms with van der Waals surface area (Å²) in [5.74, 6) is 1.64. The van der Waals surface area contributed by atoms with E-state index in [4.69, 9.17) is 4.42 Å². The molecule has 0 aliphatic heterocycles. The monoisotopic (exact) mass is 459 g/mol. The van der Waals surface area contributed by atoms with Crippen molar-refractivity contribution in [2.45, 2.75) is 99.5 Å². The molecule has 0 aromatic carbocycles. The van der Waals surface area contributed by atoms with Gasteiger partial charge in [-0.15, -0.1) is 0 Å². The van der Waals surface area contributed by atoms with Gasteiger partial charge in [-0.05, 0) is 50.5 Å². The van der Waals surface area contributed by atoms with Crippen molar-refractivity contribution in [3.8, 4) is 0 Å². The molecule has 3 unspecified atom stereocenters. The minimum absolute atomic E-state index is 0.0525. The van der Waals surface area contributed by atoms with E-state index < -0.39 is 11.5 Å². The van der Waals surface area contributed by atoms with Crippen LogP contribution >= 0.6 is 0 Å². The molecule has 1 aromatic rings. The molecule has 186 valence electrons. The zero-order chi connectivity index (χ0) is 25.0. The van der Waals surface area contributed by atoms with Crippen LogP contribution in [0.2, 0.25) is 0 Å². The van der Waals surface area contributed by atoms with Gasteiger partial charge >= 0.3 is 0 Å². The number of aliphatic hydroxyl groups is 1. The molecule has 1 heterocycles. The number of carbonyl (C=O) groups is 2. The average molecular weight is 460 g/mol. The highest BCUT2D eigenvalue weighted by molar-refractivity contribution is 5.88. The van der Waals surface area contributed by atoms with Crippen LogP contribution in [0.4, 0.5) is 0 Å². The SMILES string of the molecule is C/C=C\c1coc(C)n1.CC1CCC/C=C\[C@H](C)CCC(=O)CC(O)C(C)(C)C(=O)C(C)C1. The topological polar surface area (TPSA) is 80.4 Å². The maximum absolute atomic E-state index is 12.8. The third-order valence-corrected chi connectivity index (χ3v) is 6.48. The third-order valence-electron chi connectivity index (χ3n) is 6.48. The molecule has 1 N–H and O–H groups in total. The molecule has 0 radical (unpaired) electrons. The van der Waals surface area contributed by atoms with Crippen LogP contribution in [0, 0.1) is 30.1 Å². The van der Waals surface area contributed by atoms with Crippen LogP contribution in [0.15, 0.2) is 28.9 Å². The number of aliphatic hydroxyl groups excluding tert-OH is 1. The third kappa shape index (κ3) is 10.6. The first-order valence-electron chi connectivity index (χ1n) is 12.4. The first kappa shape index (κ1) is 29.0. The Kier molecular flexibility index (Phi) is 12.6. The van der Waals surface area contributed by atoms with Gasteiger partial charge < -0.3 is 9.52 Å². The van der Waals surface area contributed by atoms with Crippen molar-refractivity contribution >= 4 is 17.6 Å². The normalized spacial score (nSPS) is 28.8. The molecule has 5 heteroatoms. The second-order valence-corrected chi connectivity index (χ2v) is 10.3. The van der Waals surface area contributed by atoms with Crippen LogP contribution in [0.25, 0.3) is 6.08 Å². The maximum atomic E-state index is 12.8. The Morgan fingerprint density at radius 1 is 1.18 bits per heavy atom. The molecule has 1 aliphatic rings. The number of nitrogens with zero attached hydrogens (tertiary/aromatic N) is 1. The molecular weight excluding hydrogens is 414 g/mol. The molecule has 33 heavy (non-hydrogen) atoms. The van der Waals surface area contributed by atoms with Gasteiger partial charge in [-0.3, -0.25) is 9.59 Å². The molecule has 0 bridgehead atoms. The van der Waals surface area contributed by atoms with E-state index in [0.29, 0.717) is 24.1 Å². The summed E-state index contributed by atoms with van der Waals surface area (Å²) in [5.41, 5.74) is 0.0206. The minimum atomic E-state index is -0.894. The smallest absolute Gasteiger partial charge is 0.191 e. The Bertz CT molecular complexity index is 790. The molecule has 4 atom stereocenters. The summed E-state index contributed by atoms with van der Waals surface area (Å²) in [6.07, 6.45) is 14.5. The lowest BCUT2D eigenvalue weighted by atomic mass is 9.73. The summed E-state index contributed by atoms with van der Waals surface area (Å²) < 4.78 is 4.95. The van der Waals surface area contributed by atoms with Crippen LogP contribution in [0.5, 0.6) is 0 Å². The second-order valence-electron chi connectivity index (χ2n) is 10.3. The number of hydrogen-bond acceptors (Lipinski definition) is 5. The number of oxazole rings is 1. The predicted octanol–water partition coefficient (Wildman–Crippen LogP) is 6.74. The number of allylic oxidation sites excluding steroid dienone is 3. The highest BCUT2D eigenvalue weighted by Crippen LogP contribution is 2.31. The van der Waals surface area contributed by atoms with Gasteiger partial charge in [0, 0.05) is 31.1 Å². The van der Waals surface area contributed by atoms with Crippen molar-refractivity contribution in [3.63, 3.8) is 0 Å². The molecule has 2 rings (SSSR count). The number of rotatable bonds is 1. The van der Waals surface area contributed by atoms with Crippen molar-refractivity contribution in [1.29, 1.82) is 0 Å². The average Bonchev–Trinajstić information content (AvgIpc) is 3.16. The van der Waals surface area contributed by atoms with Crippen LogP contribution < -0.4 is 0 Å². The molecule has 5 nitrogen and oxygen atoms in total. The fourth-order valence-corrected chi connectivity index (χ4v) is 4.23. The number of aryl methyl sites for hydroxylation is 1. The molecule has 0 fully saturated rings. The lowest BCUT2D eigenvalue weighted by molar-refractivity contribution is -0.139. The molecule has 1 aliphatic carbocycles. The molecule has 0 spiro atoms. The van der Waals surface area contributed by atoms with E-state index in [1.807, 2.05) is 32.9 Å². The molecule has 0 amide bonds. The largest absolute Gasteiger partial charge is 0.449 e. The number of Topliss-reactive ketones (excluding diaryl/α,β-unsaturated/α-hetero) is 2. The summed E-state index contributed by atoms with van der Waals surface area (Å²) in [7, 11) is 0. The van der Waals surface area contributed by atoms with E-state index in [2.05, 4.69) is 31.0 Å². The number of ketones is 2. The van der Waals surface area contributed by atoms with Gasteiger partial charge in [0.1, 0.15) is 23.5 Å². The van der Waals surface area contributed by atoms with E-state index in [1.165, 1.54) is 0 Å². The molecule has 0 saturated carbocycles. The van der Waals surface area contributed by atoms with Gasteiger partial charge in [-0.2, -0.15) is 0 Å². The summed E-state index contributed by atoms with van der Waals surface area (Å²) in [6.45, 7) is 13.6. The van der Waals surface area contributed by atoms with Crippen molar-refractivity contribution in [3.05, 3.63) is 36.1 Å². The van der Waals surface area contributed by atoms with Gasteiger partial charge in [0.25, 0.3) is 0 Å². The van der Waals surface area contributed by atoms with Crippen LogP contribution in [0.1, 0.15) is 98.1 Å². The highest BCUT2D eigenvalue weighted by atomic mass is 16.3. The van der Waals surface area contributed by atoms with Crippen LogP contribution in [-0.4, -0.2) is 27.8 Å². The first-order valence-corrected chi connectivity index (χ1v) is 12.4. The van der Waals surface area contributed by atoms with Crippen LogP contribution in [-0.2, 0) is 9.59 Å². The summed E-state index contributed by atoms with van der Waals surface area (Å²) in [6, 6.07) is 0. The van der Waals surface area contributed by atoms with Gasteiger partial charge in [0.05, 0.1) is 6.10 Å². The Morgan fingerprint density at radius 2 is 1.88 bits per heavy atom. The zero-order valence-corrected chi connectivity index (χ0v) is 21.8. The zero-order valence-electron chi connectivity index (χ0n) is 21.8. The summed E-state index contributed by atoms with van der Waals surface area (Å²) in [5, 5.41) is 10.5. The van der Waals surface area contributed by atoms with Gasteiger partial charge in [-0.25, -0.2) is 4.98 Å². The Hall–Kier alpha value is -2.01. The summed E-state index contributed by atoms with van der Waals surface area (Å²) >= 11 is 0. The van der Waals surface area contributed by atoms with Crippen molar-refractivity contribution < 1.29 is 19.1 Å². The number of hydrogen-bond donors (Lipinski definition) is 1. The molecule has 0 saturated heterocycles. The molecular formula is C28H45NO4. The maximum Gasteiger partial charge on any atom is 0.191 e. The van der Waals surface area contributed by atoms with E-state index >= 15 is 0 Å². The van der Waals surface area contributed by atoms with Gasteiger partial charge in [0.2, 0.25) is 0 Å². The number of carbonyl (C=O) groups excluding carboxylic acids is 2. The van der Waals surface area contributed by atoms with E-state index in [1.54, 1.807) is 20.1 Å². The lowest BCUT2D eigenvalue weighted by Crippen LogP contribution is -2.41. The lowest BCUT2D eigenvalue weighted by Gasteiger charge is -2.32. The van der Waals surface area contributed by atoms with Crippen molar-refractivity contribution in [1.82, 2.24) is 4.98 Å². The van der Waals surface area contributed by atoms with Crippen LogP contribution in [0.3, 0.4) is 0 Å². The van der Waals surface area contributed by atoms with E-state index in [9.17, 15) is 14.7 Å². The van der Waals surface area contributed by atoms with Crippen molar-refractivity contribution in [2.24, 2.45) is 23.2 Å². The fourth-order valence-electron chi connectivity index (χ4n) is 4.23. The quantitative estimate of drug-likeness (QED) is 0.471. The fraction of sp³-hybridized carbons (Fsp3) is 0.679. The molecule has 1 aromatic heterocycles. The van der Waals surface area contributed by atoms with E-state index in [-0.39, 0.29) is 23.9 Å².